The monoisotopic (exact) mass is 204 g/mol. The maximum Gasteiger partial charge on any atom is -0.0141 e. The smallest absolute Gasteiger partial charge is 0.0141 e. The zero-order valence-electron chi connectivity index (χ0n) is 10.5. The zero-order chi connectivity index (χ0) is 10.9. The highest BCUT2D eigenvalue weighted by Crippen LogP contribution is 2.76. The molecule has 3 saturated carbocycles. The molecule has 0 N–H and O–H groups in total. The van der Waals surface area contributed by atoms with Gasteiger partial charge in [0, 0.05) is 0 Å². The van der Waals surface area contributed by atoms with Gasteiger partial charge >= 0.3 is 0 Å². The molecule has 0 aromatic rings. The fourth-order valence-corrected chi connectivity index (χ4v) is 5.41. The zero-order valence-corrected chi connectivity index (χ0v) is 10.5. The van der Waals surface area contributed by atoms with Crippen molar-refractivity contribution in [3.8, 4) is 0 Å². The number of allylic oxidation sites excluding steroid dienone is 1. The van der Waals surface area contributed by atoms with E-state index in [4.69, 9.17) is 0 Å². The van der Waals surface area contributed by atoms with Crippen LogP contribution in [-0.2, 0) is 0 Å². The van der Waals surface area contributed by atoms with Crippen molar-refractivity contribution in [2.24, 2.45) is 22.2 Å². The molecule has 0 aromatic heterocycles. The molecule has 0 nitrogen and oxygen atoms in total. The van der Waals surface area contributed by atoms with Crippen LogP contribution in [0, 0.1) is 22.2 Å². The number of hydrogen-bond acceptors (Lipinski definition) is 0. The van der Waals surface area contributed by atoms with Crippen LogP contribution < -0.4 is 0 Å². The second-order valence-corrected chi connectivity index (χ2v) is 7.08. The molecule has 0 aromatic carbocycles. The van der Waals surface area contributed by atoms with Crippen LogP contribution in [0.2, 0.25) is 0 Å². The molecule has 2 bridgehead atoms. The molecule has 4 atom stereocenters. The first-order valence-electron chi connectivity index (χ1n) is 6.61. The van der Waals surface area contributed by atoms with Crippen LogP contribution in [0.4, 0.5) is 0 Å². The third-order valence-electron chi connectivity index (χ3n) is 6.88. The molecule has 0 heteroatoms. The molecule has 0 spiro atoms. The number of hydrogen-bond donors (Lipinski definition) is 0. The van der Waals surface area contributed by atoms with Gasteiger partial charge in [0.25, 0.3) is 0 Å². The molecule has 0 saturated heterocycles. The van der Waals surface area contributed by atoms with Gasteiger partial charge in [-0.15, -0.1) is 0 Å². The Morgan fingerprint density at radius 1 is 1.13 bits per heavy atom. The SMILES string of the molecule is C=C1CC[C@]2(C)CC1[C@]1(C)CCC[C@]21C. The first kappa shape index (κ1) is 9.93. The second-order valence-electron chi connectivity index (χ2n) is 7.08. The summed E-state index contributed by atoms with van der Waals surface area (Å²) in [5.74, 6) is 0.837. The molecular formula is C15H24. The van der Waals surface area contributed by atoms with Gasteiger partial charge in [0.05, 0.1) is 0 Å². The Morgan fingerprint density at radius 2 is 1.87 bits per heavy atom. The Labute approximate surface area is 94.1 Å². The van der Waals surface area contributed by atoms with E-state index in [1.807, 2.05) is 0 Å². The van der Waals surface area contributed by atoms with E-state index in [-0.39, 0.29) is 0 Å². The lowest BCUT2D eigenvalue weighted by Gasteiger charge is -2.45. The lowest BCUT2D eigenvalue weighted by atomic mass is 9.59. The Bertz CT molecular complexity index is 329. The Kier molecular flexibility index (Phi) is 1.67. The van der Waals surface area contributed by atoms with E-state index in [2.05, 4.69) is 27.4 Å². The molecule has 1 unspecified atom stereocenters. The van der Waals surface area contributed by atoms with Crippen molar-refractivity contribution >= 4 is 0 Å². The summed E-state index contributed by atoms with van der Waals surface area (Å²) in [4.78, 5) is 0. The summed E-state index contributed by atoms with van der Waals surface area (Å²) in [5.41, 5.74) is 3.37. The minimum absolute atomic E-state index is 0.579. The summed E-state index contributed by atoms with van der Waals surface area (Å²) in [6.07, 6.45) is 8.48. The minimum Gasteiger partial charge on any atom is -0.0996 e. The van der Waals surface area contributed by atoms with Crippen molar-refractivity contribution < 1.29 is 0 Å². The molecule has 3 aliphatic rings. The summed E-state index contributed by atoms with van der Waals surface area (Å²) in [6, 6.07) is 0. The van der Waals surface area contributed by atoms with Gasteiger partial charge in [0.15, 0.2) is 0 Å². The highest BCUT2D eigenvalue weighted by atomic mass is 14.7. The van der Waals surface area contributed by atoms with Gasteiger partial charge in [-0.25, -0.2) is 0 Å². The molecule has 84 valence electrons. The second kappa shape index (κ2) is 2.52. The van der Waals surface area contributed by atoms with Crippen molar-refractivity contribution in [1.29, 1.82) is 0 Å². The van der Waals surface area contributed by atoms with Gasteiger partial charge in [0.2, 0.25) is 0 Å². The highest BCUT2D eigenvalue weighted by Gasteiger charge is 2.68. The van der Waals surface area contributed by atoms with E-state index in [0.717, 1.165) is 5.92 Å². The molecule has 0 radical (unpaired) electrons. The first-order valence-corrected chi connectivity index (χ1v) is 6.61. The van der Waals surface area contributed by atoms with Crippen molar-refractivity contribution in [1.82, 2.24) is 0 Å². The van der Waals surface area contributed by atoms with E-state index in [1.54, 1.807) is 5.57 Å². The average molecular weight is 204 g/mol. The van der Waals surface area contributed by atoms with Gasteiger partial charge in [0.1, 0.15) is 0 Å². The largest absolute Gasteiger partial charge is 0.0996 e. The van der Waals surface area contributed by atoms with Crippen molar-refractivity contribution in [2.75, 3.05) is 0 Å². The Morgan fingerprint density at radius 3 is 2.60 bits per heavy atom. The lowest BCUT2D eigenvalue weighted by molar-refractivity contribution is 0.0325. The lowest BCUT2D eigenvalue weighted by Crippen LogP contribution is -2.38. The highest BCUT2D eigenvalue weighted by molar-refractivity contribution is 5.26. The van der Waals surface area contributed by atoms with Gasteiger partial charge in [-0.05, 0) is 54.3 Å². The molecule has 15 heavy (non-hydrogen) atoms. The van der Waals surface area contributed by atoms with E-state index in [9.17, 15) is 0 Å². The van der Waals surface area contributed by atoms with Crippen LogP contribution in [0.5, 0.6) is 0 Å². The quantitative estimate of drug-likeness (QED) is 0.507. The third kappa shape index (κ3) is 0.867. The van der Waals surface area contributed by atoms with Crippen LogP contribution in [0.25, 0.3) is 0 Å². The first-order chi connectivity index (χ1) is 6.93. The van der Waals surface area contributed by atoms with Gasteiger partial charge in [-0.2, -0.15) is 0 Å². The molecule has 0 amide bonds. The standard InChI is InChI=1S/C15H24/c1-11-6-9-13(2)10-12(11)14(3)7-5-8-15(13,14)4/h12H,1,5-10H2,2-4H3/t12?,13-,14+,15-/m1/s1. The van der Waals surface area contributed by atoms with Crippen molar-refractivity contribution in [3.05, 3.63) is 12.2 Å². The Hall–Kier alpha value is -0.260. The van der Waals surface area contributed by atoms with Crippen molar-refractivity contribution in [3.63, 3.8) is 0 Å². The summed E-state index contributed by atoms with van der Waals surface area (Å²) >= 11 is 0. The van der Waals surface area contributed by atoms with E-state index in [0.29, 0.717) is 16.2 Å². The number of fused-ring (bicyclic) bond motifs is 5. The normalized spacial score (nSPS) is 58.3. The molecule has 0 aliphatic heterocycles. The topological polar surface area (TPSA) is 0 Å². The summed E-state index contributed by atoms with van der Waals surface area (Å²) in [6.45, 7) is 12.1. The predicted molar refractivity (Wildman–Crippen MR) is 64.7 cm³/mol. The van der Waals surface area contributed by atoms with Crippen molar-refractivity contribution in [2.45, 2.75) is 59.3 Å². The fourth-order valence-electron chi connectivity index (χ4n) is 5.41. The summed E-state index contributed by atoms with van der Waals surface area (Å²) in [7, 11) is 0. The molecular weight excluding hydrogens is 180 g/mol. The molecule has 3 rings (SSSR count). The van der Waals surface area contributed by atoms with Crippen LogP contribution in [-0.4, -0.2) is 0 Å². The molecule has 3 fully saturated rings. The van der Waals surface area contributed by atoms with Crippen LogP contribution in [0.15, 0.2) is 12.2 Å². The molecule has 0 heterocycles. The van der Waals surface area contributed by atoms with Gasteiger partial charge in [-0.3, -0.25) is 0 Å². The van der Waals surface area contributed by atoms with Gasteiger partial charge in [-0.1, -0.05) is 39.3 Å². The van der Waals surface area contributed by atoms with E-state index >= 15 is 0 Å². The van der Waals surface area contributed by atoms with Crippen LogP contribution in [0.1, 0.15) is 59.3 Å². The predicted octanol–water partition coefficient (Wildman–Crippen LogP) is 4.56. The maximum absolute atomic E-state index is 4.36. The van der Waals surface area contributed by atoms with Crippen LogP contribution in [0.3, 0.4) is 0 Å². The van der Waals surface area contributed by atoms with E-state index < -0.39 is 0 Å². The van der Waals surface area contributed by atoms with Crippen LogP contribution >= 0.6 is 0 Å². The summed E-state index contributed by atoms with van der Waals surface area (Å²) < 4.78 is 0. The number of rotatable bonds is 0. The minimum atomic E-state index is 0.579. The maximum atomic E-state index is 4.36. The summed E-state index contributed by atoms with van der Waals surface area (Å²) in [5, 5.41) is 0. The van der Waals surface area contributed by atoms with Gasteiger partial charge < -0.3 is 0 Å². The van der Waals surface area contributed by atoms with E-state index in [1.165, 1.54) is 38.5 Å². The average Bonchev–Trinajstić information content (AvgIpc) is 2.55. The third-order valence-corrected chi connectivity index (χ3v) is 6.88. The fraction of sp³-hybridized carbons (Fsp3) is 0.867. The Balaban J connectivity index is 2.16. The molecule has 3 aliphatic carbocycles.